The maximum Gasteiger partial charge on any atom is 0.287 e. The third kappa shape index (κ3) is 5.86. The second-order valence-corrected chi connectivity index (χ2v) is 8.60. The molecule has 2 N–H and O–H groups in total. The summed E-state index contributed by atoms with van der Waals surface area (Å²) in [7, 11) is 0. The first-order chi connectivity index (χ1) is 16.9. The molecule has 0 bridgehead atoms. The largest absolute Gasteiger partial charge is 0.459 e. The van der Waals surface area contributed by atoms with E-state index in [4.69, 9.17) is 16.0 Å². The molecule has 182 valence electrons. The van der Waals surface area contributed by atoms with E-state index in [9.17, 15) is 18.8 Å². The predicted molar refractivity (Wildman–Crippen MR) is 127 cm³/mol. The summed E-state index contributed by atoms with van der Waals surface area (Å²) in [5, 5.41) is 5.33. The minimum atomic E-state index is -1.10. The Kier molecular flexibility index (Phi) is 7.77. The lowest BCUT2D eigenvalue weighted by atomic mass is 10.0. The molecule has 10 heteroatoms. The van der Waals surface area contributed by atoms with Crippen LogP contribution in [0.25, 0.3) is 0 Å². The fraction of sp³-hybridized carbons (Fsp3) is 0.280. The van der Waals surface area contributed by atoms with Gasteiger partial charge in [0.25, 0.3) is 5.91 Å². The SMILES string of the molecule is O=C(NCC(=O)N(c1ccc(F)c(Cl)c1)[C@H](C(=O)NC1CCCC1)c1ccncc1)c1ccco1. The summed E-state index contributed by atoms with van der Waals surface area (Å²) in [5.74, 6) is -2.20. The Labute approximate surface area is 206 Å². The maximum absolute atomic E-state index is 13.9. The van der Waals surface area contributed by atoms with Crippen molar-refractivity contribution in [2.45, 2.75) is 37.8 Å². The van der Waals surface area contributed by atoms with Crippen LogP contribution in [0.15, 0.2) is 65.5 Å². The molecule has 0 aliphatic heterocycles. The van der Waals surface area contributed by atoms with Crippen molar-refractivity contribution in [1.29, 1.82) is 0 Å². The molecule has 1 aliphatic carbocycles. The van der Waals surface area contributed by atoms with Gasteiger partial charge in [-0.3, -0.25) is 24.3 Å². The zero-order valence-corrected chi connectivity index (χ0v) is 19.5. The van der Waals surface area contributed by atoms with Crippen molar-refractivity contribution in [1.82, 2.24) is 15.6 Å². The highest BCUT2D eigenvalue weighted by atomic mass is 35.5. The molecule has 3 amide bonds. The highest BCUT2D eigenvalue weighted by Crippen LogP contribution is 2.31. The van der Waals surface area contributed by atoms with Crippen molar-refractivity contribution in [3.05, 3.63) is 83.3 Å². The van der Waals surface area contributed by atoms with Crippen LogP contribution in [0.4, 0.5) is 10.1 Å². The molecule has 0 spiro atoms. The van der Waals surface area contributed by atoms with Crippen molar-refractivity contribution < 1.29 is 23.2 Å². The number of carbonyl (C=O) groups is 3. The first-order valence-corrected chi connectivity index (χ1v) is 11.6. The second kappa shape index (κ2) is 11.1. The quantitative estimate of drug-likeness (QED) is 0.488. The molecule has 0 unspecified atom stereocenters. The van der Waals surface area contributed by atoms with Crippen LogP contribution in [0.3, 0.4) is 0 Å². The van der Waals surface area contributed by atoms with E-state index >= 15 is 0 Å². The van der Waals surface area contributed by atoms with Crippen LogP contribution in [0.5, 0.6) is 0 Å². The lowest BCUT2D eigenvalue weighted by molar-refractivity contribution is -0.126. The van der Waals surface area contributed by atoms with Gasteiger partial charge in [0.2, 0.25) is 11.8 Å². The number of hydrogen-bond donors (Lipinski definition) is 2. The second-order valence-electron chi connectivity index (χ2n) is 8.20. The number of pyridine rings is 1. The number of hydrogen-bond acceptors (Lipinski definition) is 5. The summed E-state index contributed by atoms with van der Waals surface area (Å²) in [6.45, 7) is -0.438. The number of benzene rings is 1. The first kappa shape index (κ1) is 24.4. The number of furan rings is 1. The molecule has 1 saturated carbocycles. The lowest BCUT2D eigenvalue weighted by Gasteiger charge is -2.32. The van der Waals surface area contributed by atoms with Crippen molar-refractivity contribution >= 4 is 35.0 Å². The highest BCUT2D eigenvalue weighted by Gasteiger charge is 2.34. The van der Waals surface area contributed by atoms with Crippen LogP contribution in [0.2, 0.25) is 5.02 Å². The third-order valence-electron chi connectivity index (χ3n) is 5.83. The fourth-order valence-corrected chi connectivity index (χ4v) is 4.30. The maximum atomic E-state index is 13.9. The summed E-state index contributed by atoms with van der Waals surface area (Å²) in [4.78, 5) is 44.6. The molecule has 1 fully saturated rings. The van der Waals surface area contributed by atoms with Crippen LogP contribution in [-0.4, -0.2) is 35.3 Å². The van der Waals surface area contributed by atoms with Gasteiger partial charge < -0.3 is 15.1 Å². The van der Waals surface area contributed by atoms with Crippen molar-refractivity contribution in [3.63, 3.8) is 0 Å². The average Bonchev–Trinajstić information content (AvgIpc) is 3.58. The van der Waals surface area contributed by atoms with E-state index in [-0.39, 0.29) is 22.5 Å². The summed E-state index contributed by atoms with van der Waals surface area (Å²) in [5.41, 5.74) is 0.707. The summed E-state index contributed by atoms with van der Waals surface area (Å²) >= 11 is 6.02. The van der Waals surface area contributed by atoms with E-state index in [1.165, 1.54) is 41.8 Å². The van der Waals surface area contributed by atoms with Gasteiger partial charge in [-0.2, -0.15) is 0 Å². The van der Waals surface area contributed by atoms with Gasteiger partial charge in [0, 0.05) is 24.1 Å². The molecule has 1 atom stereocenters. The van der Waals surface area contributed by atoms with Crippen LogP contribution in [0.1, 0.15) is 47.8 Å². The first-order valence-electron chi connectivity index (χ1n) is 11.2. The van der Waals surface area contributed by atoms with Crippen LogP contribution in [-0.2, 0) is 9.59 Å². The Morgan fingerprint density at radius 2 is 1.89 bits per heavy atom. The van der Waals surface area contributed by atoms with E-state index in [1.54, 1.807) is 18.2 Å². The molecule has 35 heavy (non-hydrogen) atoms. The third-order valence-corrected chi connectivity index (χ3v) is 6.11. The minimum absolute atomic E-state index is 0.000694. The molecule has 4 rings (SSSR count). The predicted octanol–water partition coefficient (Wildman–Crippen LogP) is 4.03. The molecular formula is C25H24ClFN4O4. The lowest BCUT2D eigenvalue weighted by Crippen LogP contribution is -2.49. The number of rotatable bonds is 8. The topological polar surface area (TPSA) is 105 Å². The number of nitrogens with zero attached hydrogens (tertiary/aromatic N) is 2. The van der Waals surface area contributed by atoms with E-state index in [0.717, 1.165) is 31.7 Å². The van der Waals surface area contributed by atoms with Crippen LogP contribution < -0.4 is 15.5 Å². The van der Waals surface area contributed by atoms with E-state index in [1.807, 2.05) is 0 Å². The molecule has 0 saturated heterocycles. The number of aromatic nitrogens is 1. The zero-order valence-electron chi connectivity index (χ0n) is 18.7. The summed E-state index contributed by atoms with van der Waals surface area (Å²) in [6.07, 6.45) is 8.11. The molecule has 2 heterocycles. The Morgan fingerprint density at radius 3 is 2.54 bits per heavy atom. The van der Waals surface area contributed by atoms with Gasteiger partial charge in [0.1, 0.15) is 11.9 Å². The molecule has 1 aromatic carbocycles. The molecule has 8 nitrogen and oxygen atoms in total. The fourth-order valence-electron chi connectivity index (χ4n) is 4.12. The number of halogens is 2. The van der Waals surface area contributed by atoms with Gasteiger partial charge in [-0.15, -0.1) is 0 Å². The molecule has 3 aromatic rings. The van der Waals surface area contributed by atoms with Gasteiger partial charge in [0.15, 0.2) is 5.76 Å². The highest BCUT2D eigenvalue weighted by molar-refractivity contribution is 6.31. The Morgan fingerprint density at radius 1 is 1.14 bits per heavy atom. The molecule has 1 aliphatic rings. The summed E-state index contributed by atoms with van der Waals surface area (Å²) < 4.78 is 19.0. The standard InChI is InChI=1S/C25H24ClFN4O4/c26-19-14-18(7-8-20(19)27)31(22(32)15-29-24(33)21-6-3-13-35-21)23(16-9-11-28-12-10-16)25(34)30-17-4-1-2-5-17/h3,6-14,17,23H,1-2,4-5,15H2,(H,29,33)(H,30,34)/t23-/m0/s1. The minimum Gasteiger partial charge on any atom is -0.459 e. The van der Waals surface area contributed by atoms with Crippen LogP contribution >= 0.6 is 11.6 Å². The average molecular weight is 499 g/mol. The molecule has 0 radical (unpaired) electrons. The number of carbonyl (C=O) groups excluding carboxylic acids is 3. The smallest absolute Gasteiger partial charge is 0.287 e. The normalized spacial score (nSPS) is 14.3. The van der Waals surface area contributed by atoms with Gasteiger partial charge in [-0.05, 0) is 60.9 Å². The summed E-state index contributed by atoms with van der Waals surface area (Å²) in [6, 6.07) is 8.94. The monoisotopic (exact) mass is 498 g/mol. The van der Waals surface area contributed by atoms with E-state index < -0.39 is 36.1 Å². The van der Waals surface area contributed by atoms with E-state index in [2.05, 4.69) is 15.6 Å². The van der Waals surface area contributed by atoms with Crippen molar-refractivity contribution in [2.24, 2.45) is 0 Å². The van der Waals surface area contributed by atoms with Gasteiger partial charge in [0.05, 0.1) is 17.8 Å². The van der Waals surface area contributed by atoms with Crippen molar-refractivity contribution in [3.8, 4) is 0 Å². The van der Waals surface area contributed by atoms with Gasteiger partial charge >= 0.3 is 0 Å². The number of nitrogens with one attached hydrogen (secondary N) is 2. The zero-order chi connectivity index (χ0) is 24.8. The van der Waals surface area contributed by atoms with E-state index in [0.29, 0.717) is 5.56 Å². The Hall–Kier alpha value is -3.72. The number of anilines is 1. The van der Waals surface area contributed by atoms with Crippen LogP contribution in [0, 0.1) is 5.82 Å². The molecular weight excluding hydrogens is 475 g/mol. The van der Waals surface area contributed by atoms with Gasteiger partial charge in [-0.1, -0.05) is 24.4 Å². The number of amides is 3. The Balaban J connectivity index is 1.69. The van der Waals surface area contributed by atoms with Crippen molar-refractivity contribution in [2.75, 3.05) is 11.4 Å². The Bertz CT molecular complexity index is 1180. The molecule has 2 aromatic heterocycles. The van der Waals surface area contributed by atoms with Gasteiger partial charge in [-0.25, -0.2) is 4.39 Å².